The molecule has 0 aliphatic carbocycles. The molecule has 2 rings (SSSR count). The first-order valence-electron chi connectivity index (χ1n) is 5.65. The molecule has 0 fully saturated rings. The van der Waals surface area contributed by atoms with Crippen LogP contribution in [0.2, 0.25) is 0 Å². The number of ether oxygens (including phenoxy) is 1. The van der Waals surface area contributed by atoms with Crippen molar-refractivity contribution < 1.29 is 22.4 Å². The first kappa shape index (κ1) is 14.1. The minimum absolute atomic E-state index is 0.0757. The van der Waals surface area contributed by atoms with E-state index in [4.69, 9.17) is 9.15 Å². The third kappa shape index (κ3) is 3.18. The van der Waals surface area contributed by atoms with E-state index in [9.17, 15) is 13.2 Å². The number of hydrogen-bond donors (Lipinski definition) is 1. The van der Waals surface area contributed by atoms with Gasteiger partial charge in [-0.3, -0.25) is 4.79 Å². The smallest absolute Gasteiger partial charge is 0.291 e. The second-order valence-corrected chi connectivity index (χ2v) is 6.02. The van der Waals surface area contributed by atoms with Crippen LogP contribution in [-0.4, -0.2) is 27.7 Å². The lowest BCUT2D eigenvalue weighted by molar-refractivity contribution is 0.0991. The Kier molecular flexibility index (Phi) is 3.80. The van der Waals surface area contributed by atoms with Gasteiger partial charge in [-0.25, -0.2) is 8.42 Å². The van der Waals surface area contributed by atoms with E-state index in [1.54, 1.807) is 24.3 Å². The van der Waals surface area contributed by atoms with Crippen LogP contribution in [0.15, 0.2) is 45.9 Å². The number of methoxy groups -OCH3 is 1. The van der Waals surface area contributed by atoms with Crippen LogP contribution in [0.25, 0.3) is 0 Å². The quantitative estimate of drug-likeness (QED) is 0.931. The first-order chi connectivity index (χ1) is 9.40. The van der Waals surface area contributed by atoms with Gasteiger partial charge in [0.15, 0.2) is 5.76 Å². The number of furan rings is 1. The molecule has 0 aliphatic heterocycles. The van der Waals surface area contributed by atoms with E-state index in [2.05, 4.69) is 5.32 Å². The average Bonchev–Trinajstić information content (AvgIpc) is 2.88. The molecule has 1 aromatic carbocycles. The maximum absolute atomic E-state index is 11.9. The summed E-state index contributed by atoms with van der Waals surface area (Å²) in [5, 5.41) is 2.35. The fourth-order valence-electron chi connectivity index (χ4n) is 1.53. The van der Waals surface area contributed by atoms with Crippen LogP contribution in [0.3, 0.4) is 0 Å². The molecule has 0 unspecified atom stereocenters. The summed E-state index contributed by atoms with van der Waals surface area (Å²) in [6.45, 7) is 0. The third-order valence-electron chi connectivity index (χ3n) is 2.50. The fourth-order valence-corrected chi connectivity index (χ4v) is 2.09. The van der Waals surface area contributed by atoms with Crippen molar-refractivity contribution in [2.75, 3.05) is 18.7 Å². The van der Waals surface area contributed by atoms with Crippen LogP contribution in [0.5, 0.6) is 5.75 Å². The Morgan fingerprint density at radius 2 is 2.00 bits per heavy atom. The van der Waals surface area contributed by atoms with Crippen molar-refractivity contribution >= 4 is 21.4 Å². The van der Waals surface area contributed by atoms with Gasteiger partial charge < -0.3 is 14.5 Å². The molecule has 0 saturated carbocycles. The van der Waals surface area contributed by atoms with Gasteiger partial charge in [0.2, 0.25) is 14.9 Å². The molecule has 20 heavy (non-hydrogen) atoms. The predicted molar refractivity (Wildman–Crippen MR) is 72.8 cm³/mol. The van der Waals surface area contributed by atoms with Crippen LogP contribution < -0.4 is 10.1 Å². The maximum atomic E-state index is 11.9. The predicted octanol–water partition coefficient (Wildman–Crippen LogP) is 1.94. The van der Waals surface area contributed by atoms with E-state index in [1.807, 2.05) is 0 Å². The van der Waals surface area contributed by atoms with Gasteiger partial charge in [0.1, 0.15) is 5.75 Å². The Hall–Kier alpha value is -2.28. The zero-order valence-corrected chi connectivity index (χ0v) is 11.7. The normalized spacial score (nSPS) is 11.1. The highest BCUT2D eigenvalue weighted by atomic mass is 32.2. The number of rotatable bonds is 4. The summed E-state index contributed by atoms with van der Waals surface area (Å²) in [6, 6.07) is 9.34. The highest BCUT2D eigenvalue weighted by Crippen LogP contribution is 2.19. The Labute approximate surface area is 116 Å². The molecular formula is C13H13NO5S. The summed E-state index contributed by atoms with van der Waals surface area (Å²) in [4.78, 5) is 11.9. The summed E-state index contributed by atoms with van der Waals surface area (Å²) in [7, 11) is -1.95. The largest absolute Gasteiger partial charge is 0.497 e. The van der Waals surface area contributed by atoms with Gasteiger partial charge in [-0.1, -0.05) is 6.07 Å². The minimum atomic E-state index is -3.47. The highest BCUT2D eigenvalue weighted by Gasteiger charge is 2.17. The molecule has 0 spiro atoms. The lowest BCUT2D eigenvalue weighted by Crippen LogP contribution is -2.10. The molecular weight excluding hydrogens is 282 g/mol. The summed E-state index contributed by atoms with van der Waals surface area (Å²) in [6.07, 6.45) is 1.01. The van der Waals surface area contributed by atoms with Crippen LogP contribution in [0.4, 0.5) is 5.69 Å². The average molecular weight is 295 g/mol. The molecule has 0 saturated heterocycles. The molecule has 2 aromatic rings. The monoisotopic (exact) mass is 295 g/mol. The number of carbonyl (C=O) groups is 1. The van der Waals surface area contributed by atoms with E-state index in [0.29, 0.717) is 11.4 Å². The topological polar surface area (TPSA) is 85.6 Å². The zero-order chi connectivity index (χ0) is 14.8. The molecule has 6 nitrogen and oxygen atoms in total. The first-order valence-corrected chi connectivity index (χ1v) is 7.54. The second-order valence-electron chi connectivity index (χ2n) is 4.08. The Morgan fingerprint density at radius 3 is 2.60 bits per heavy atom. The third-order valence-corrected chi connectivity index (χ3v) is 3.45. The Balaban J connectivity index is 2.18. The lowest BCUT2D eigenvalue weighted by atomic mass is 10.3. The van der Waals surface area contributed by atoms with E-state index >= 15 is 0 Å². The maximum Gasteiger partial charge on any atom is 0.291 e. The molecule has 1 N–H and O–H groups in total. The summed E-state index contributed by atoms with van der Waals surface area (Å²) >= 11 is 0. The van der Waals surface area contributed by atoms with E-state index < -0.39 is 15.7 Å². The van der Waals surface area contributed by atoms with Gasteiger partial charge in [0, 0.05) is 18.0 Å². The highest BCUT2D eigenvalue weighted by molar-refractivity contribution is 7.90. The van der Waals surface area contributed by atoms with Gasteiger partial charge in [-0.15, -0.1) is 0 Å². The molecule has 1 heterocycles. The van der Waals surface area contributed by atoms with E-state index in [0.717, 1.165) is 6.26 Å². The van der Waals surface area contributed by atoms with Crippen molar-refractivity contribution in [3.8, 4) is 5.75 Å². The second kappa shape index (κ2) is 5.38. The molecule has 0 radical (unpaired) electrons. The summed E-state index contributed by atoms with van der Waals surface area (Å²) in [5.41, 5.74) is 0.520. The standard InChI is InChI=1S/C13H13NO5S/c1-18-10-5-3-4-9(8-10)14-13(15)11-6-7-12(19-11)20(2,16)17/h3-8H,1-2H3,(H,14,15). The number of hydrogen-bond acceptors (Lipinski definition) is 5. The van der Waals surface area contributed by atoms with Crippen LogP contribution in [0.1, 0.15) is 10.6 Å². The minimum Gasteiger partial charge on any atom is -0.497 e. The van der Waals surface area contributed by atoms with Gasteiger partial charge >= 0.3 is 0 Å². The number of benzene rings is 1. The number of carbonyl (C=O) groups excluding carboxylic acids is 1. The molecule has 1 amide bonds. The summed E-state index contributed by atoms with van der Waals surface area (Å²) < 4.78 is 32.6. The van der Waals surface area contributed by atoms with Gasteiger partial charge in [0.25, 0.3) is 5.91 Å². The van der Waals surface area contributed by atoms with Crippen molar-refractivity contribution in [1.29, 1.82) is 0 Å². The van der Waals surface area contributed by atoms with Crippen molar-refractivity contribution in [3.05, 3.63) is 42.2 Å². The zero-order valence-electron chi connectivity index (χ0n) is 10.9. The number of anilines is 1. The fraction of sp³-hybridized carbons (Fsp3) is 0.154. The molecule has 1 aromatic heterocycles. The van der Waals surface area contributed by atoms with E-state index in [-0.39, 0.29) is 10.9 Å². The summed E-state index contributed by atoms with van der Waals surface area (Å²) in [5.74, 6) is -0.0135. The molecule has 106 valence electrons. The number of nitrogens with one attached hydrogen (secondary N) is 1. The van der Waals surface area contributed by atoms with Gasteiger partial charge in [0.05, 0.1) is 7.11 Å². The van der Waals surface area contributed by atoms with Crippen LogP contribution in [-0.2, 0) is 9.84 Å². The SMILES string of the molecule is COc1cccc(NC(=O)c2ccc(S(C)(=O)=O)o2)c1. The van der Waals surface area contributed by atoms with Crippen molar-refractivity contribution in [2.45, 2.75) is 5.09 Å². The lowest BCUT2D eigenvalue weighted by Gasteiger charge is -2.05. The van der Waals surface area contributed by atoms with Crippen LogP contribution in [0, 0.1) is 0 Å². The van der Waals surface area contributed by atoms with E-state index in [1.165, 1.54) is 19.2 Å². The number of amides is 1. The Morgan fingerprint density at radius 1 is 1.25 bits per heavy atom. The van der Waals surface area contributed by atoms with Gasteiger partial charge in [-0.2, -0.15) is 0 Å². The number of sulfone groups is 1. The van der Waals surface area contributed by atoms with Crippen molar-refractivity contribution in [3.63, 3.8) is 0 Å². The van der Waals surface area contributed by atoms with Crippen molar-refractivity contribution in [2.24, 2.45) is 0 Å². The molecule has 7 heteroatoms. The van der Waals surface area contributed by atoms with Gasteiger partial charge in [-0.05, 0) is 24.3 Å². The molecule has 0 aliphatic rings. The Bertz CT molecular complexity index is 733. The molecule has 0 atom stereocenters. The van der Waals surface area contributed by atoms with Crippen molar-refractivity contribution in [1.82, 2.24) is 0 Å². The van der Waals surface area contributed by atoms with Crippen LogP contribution >= 0.6 is 0 Å². The molecule has 0 bridgehead atoms.